The van der Waals surface area contributed by atoms with Crippen molar-refractivity contribution in [1.29, 1.82) is 0 Å². The number of halogens is 3. The third-order valence-corrected chi connectivity index (χ3v) is 7.57. The lowest BCUT2D eigenvalue weighted by Crippen LogP contribution is -2.22. The van der Waals surface area contributed by atoms with E-state index in [9.17, 15) is 4.79 Å². The van der Waals surface area contributed by atoms with Crippen molar-refractivity contribution in [2.24, 2.45) is 5.10 Å². The van der Waals surface area contributed by atoms with E-state index in [1.54, 1.807) is 12.3 Å². The van der Waals surface area contributed by atoms with E-state index in [4.69, 9.17) is 9.72 Å². The number of benzene rings is 3. The maximum atomic E-state index is 13.3. The molecule has 0 saturated heterocycles. The van der Waals surface area contributed by atoms with Crippen LogP contribution >= 0.6 is 61.1 Å². The second kappa shape index (κ2) is 12.0. The predicted molar refractivity (Wildman–Crippen MR) is 163 cm³/mol. The summed E-state index contributed by atoms with van der Waals surface area (Å²) >= 11 is 8.02. The van der Waals surface area contributed by atoms with Gasteiger partial charge in [0.2, 0.25) is 0 Å². The van der Waals surface area contributed by atoms with Crippen molar-refractivity contribution >= 4 is 78.2 Å². The molecule has 4 rings (SSSR count). The monoisotopic (exact) mass is 755 g/mol. The van der Waals surface area contributed by atoms with Gasteiger partial charge in [-0.2, -0.15) is 9.78 Å². The summed E-state index contributed by atoms with van der Waals surface area (Å²) in [6.45, 7) is 4.70. The van der Waals surface area contributed by atoms with E-state index < -0.39 is 0 Å². The minimum absolute atomic E-state index is 0.166. The fourth-order valence-electron chi connectivity index (χ4n) is 3.57. The number of rotatable bonds is 8. The highest BCUT2D eigenvalue weighted by molar-refractivity contribution is 14.1. The standard InChI is InChI=1S/C27H24BrI2N3O2/c1-3-4-5-25-32-24-11-10-20(28)14-21(24)27(34)33(25)31-15-19-12-22(29)26(23(30)13-19)35-16-18-8-6-17(2)7-9-18/h6-15H,3-5,16H2,1-2H3. The molecule has 5 nitrogen and oxygen atoms in total. The molecule has 0 unspecified atom stereocenters. The van der Waals surface area contributed by atoms with Crippen LogP contribution in [-0.2, 0) is 13.0 Å². The van der Waals surface area contributed by atoms with Crippen molar-refractivity contribution in [2.45, 2.75) is 39.7 Å². The Hall–Kier alpha value is -1.79. The molecule has 0 aliphatic carbocycles. The molecule has 0 bridgehead atoms. The smallest absolute Gasteiger partial charge is 0.282 e. The molecule has 0 fully saturated rings. The van der Waals surface area contributed by atoms with Crippen LogP contribution < -0.4 is 10.3 Å². The van der Waals surface area contributed by atoms with E-state index in [-0.39, 0.29) is 5.56 Å². The highest BCUT2D eigenvalue weighted by Crippen LogP contribution is 2.29. The average Bonchev–Trinajstić information content (AvgIpc) is 2.83. The van der Waals surface area contributed by atoms with Crippen LogP contribution in [0.1, 0.15) is 42.3 Å². The number of nitrogens with zero attached hydrogens (tertiary/aromatic N) is 3. The fraction of sp³-hybridized carbons (Fsp3) is 0.222. The Labute approximate surface area is 240 Å². The first kappa shape index (κ1) is 26.3. The van der Waals surface area contributed by atoms with E-state index in [1.165, 1.54) is 10.2 Å². The van der Waals surface area contributed by atoms with Gasteiger partial charge in [0.15, 0.2) is 0 Å². The van der Waals surface area contributed by atoms with Gasteiger partial charge in [-0.05, 0) is 100.0 Å². The molecule has 8 heteroatoms. The van der Waals surface area contributed by atoms with Gasteiger partial charge in [0.05, 0.1) is 24.3 Å². The fourth-order valence-corrected chi connectivity index (χ4v) is 6.06. The zero-order valence-corrected chi connectivity index (χ0v) is 25.3. The van der Waals surface area contributed by atoms with Crippen molar-refractivity contribution in [3.05, 3.63) is 99.1 Å². The molecule has 0 amide bonds. The topological polar surface area (TPSA) is 56.5 Å². The molecule has 1 heterocycles. The van der Waals surface area contributed by atoms with Gasteiger partial charge in [-0.25, -0.2) is 4.98 Å². The summed E-state index contributed by atoms with van der Waals surface area (Å²) in [5.74, 6) is 1.52. The van der Waals surface area contributed by atoms with Gasteiger partial charge in [0.25, 0.3) is 5.56 Å². The molecule has 0 radical (unpaired) electrons. The zero-order valence-electron chi connectivity index (χ0n) is 19.4. The molecule has 180 valence electrons. The summed E-state index contributed by atoms with van der Waals surface area (Å²) in [4.78, 5) is 18.0. The normalized spacial score (nSPS) is 11.5. The lowest BCUT2D eigenvalue weighted by atomic mass is 10.2. The van der Waals surface area contributed by atoms with Crippen molar-refractivity contribution in [2.75, 3.05) is 0 Å². The number of hydrogen-bond donors (Lipinski definition) is 0. The first-order valence-electron chi connectivity index (χ1n) is 11.3. The third-order valence-electron chi connectivity index (χ3n) is 5.48. The van der Waals surface area contributed by atoms with E-state index in [0.29, 0.717) is 29.8 Å². The maximum Gasteiger partial charge on any atom is 0.282 e. The minimum atomic E-state index is -0.166. The van der Waals surface area contributed by atoms with Crippen LogP contribution in [0.4, 0.5) is 0 Å². The molecule has 0 aliphatic heterocycles. The van der Waals surface area contributed by atoms with Gasteiger partial charge in [-0.3, -0.25) is 4.79 Å². The Kier molecular flexibility index (Phi) is 8.98. The van der Waals surface area contributed by atoms with Crippen LogP contribution in [-0.4, -0.2) is 15.9 Å². The highest BCUT2D eigenvalue weighted by atomic mass is 127. The largest absolute Gasteiger partial charge is 0.487 e. The summed E-state index contributed by atoms with van der Waals surface area (Å²) in [5.41, 5.74) is 3.77. The van der Waals surface area contributed by atoms with Crippen molar-refractivity contribution in [3.8, 4) is 5.75 Å². The molecule has 0 aliphatic rings. The molecular formula is C27H24BrI2N3O2. The minimum Gasteiger partial charge on any atom is -0.487 e. The predicted octanol–water partition coefficient (Wildman–Crippen LogP) is 7.48. The molecule has 0 atom stereocenters. The number of unbranched alkanes of at least 4 members (excludes halogenated alkanes) is 1. The Morgan fingerprint density at radius 3 is 2.49 bits per heavy atom. The van der Waals surface area contributed by atoms with Crippen LogP contribution in [0.15, 0.2) is 69.0 Å². The van der Waals surface area contributed by atoms with Crippen LogP contribution in [0.25, 0.3) is 10.9 Å². The Morgan fingerprint density at radius 1 is 1.09 bits per heavy atom. The summed E-state index contributed by atoms with van der Waals surface area (Å²) in [7, 11) is 0. The number of hydrogen-bond acceptors (Lipinski definition) is 4. The SMILES string of the molecule is CCCCc1nc2ccc(Br)cc2c(=O)n1N=Cc1cc(I)c(OCc2ccc(C)cc2)c(I)c1. The zero-order chi connectivity index (χ0) is 24.9. The van der Waals surface area contributed by atoms with Gasteiger partial charge >= 0.3 is 0 Å². The van der Waals surface area contributed by atoms with Crippen LogP contribution in [0.5, 0.6) is 5.75 Å². The van der Waals surface area contributed by atoms with Crippen molar-refractivity contribution in [1.82, 2.24) is 9.66 Å². The number of fused-ring (bicyclic) bond motifs is 1. The summed E-state index contributed by atoms with van der Waals surface area (Å²) < 4.78 is 10.4. The molecule has 35 heavy (non-hydrogen) atoms. The molecule has 0 saturated carbocycles. The molecule has 0 spiro atoms. The quantitative estimate of drug-likeness (QED) is 0.139. The number of aryl methyl sites for hydroxylation is 2. The molecule has 3 aromatic carbocycles. The summed E-state index contributed by atoms with van der Waals surface area (Å²) in [5, 5.41) is 5.12. The Morgan fingerprint density at radius 2 is 1.80 bits per heavy atom. The van der Waals surface area contributed by atoms with E-state index >= 15 is 0 Å². The first-order valence-corrected chi connectivity index (χ1v) is 14.2. The lowest BCUT2D eigenvalue weighted by molar-refractivity contribution is 0.301. The molecular weight excluding hydrogens is 732 g/mol. The second-order valence-electron chi connectivity index (χ2n) is 8.24. The first-order chi connectivity index (χ1) is 16.9. The second-order valence-corrected chi connectivity index (χ2v) is 11.5. The van der Waals surface area contributed by atoms with Crippen LogP contribution in [0, 0.1) is 14.1 Å². The lowest BCUT2D eigenvalue weighted by Gasteiger charge is -2.12. The van der Waals surface area contributed by atoms with Crippen LogP contribution in [0.3, 0.4) is 0 Å². The van der Waals surface area contributed by atoms with E-state index in [0.717, 1.165) is 41.3 Å². The van der Waals surface area contributed by atoms with Gasteiger partial charge in [0, 0.05) is 10.9 Å². The van der Waals surface area contributed by atoms with Gasteiger partial charge in [0.1, 0.15) is 18.2 Å². The number of ether oxygens (including phenoxy) is 1. The average molecular weight is 756 g/mol. The molecule has 0 N–H and O–H groups in total. The third kappa shape index (κ3) is 6.51. The van der Waals surface area contributed by atoms with Crippen LogP contribution in [0.2, 0.25) is 0 Å². The van der Waals surface area contributed by atoms with Crippen molar-refractivity contribution < 1.29 is 4.74 Å². The van der Waals surface area contributed by atoms with Crippen molar-refractivity contribution in [3.63, 3.8) is 0 Å². The van der Waals surface area contributed by atoms with Gasteiger partial charge in [-0.1, -0.05) is 59.1 Å². The highest BCUT2D eigenvalue weighted by Gasteiger charge is 2.12. The Bertz CT molecular complexity index is 1430. The van der Waals surface area contributed by atoms with E-state index in [2.05, 4.69) is 104 Å². The Balaban J connectivity index is 1.63. The molecule has 1 aromatic heterocycles. The van der Waals surface area contributed by atoms with Gasteiger partial charge < -0.3 is 4.74 Å². The van der Waals surface area contributed by atoms with Gasteiger partial charge in [-0.15, -0.1) is 0 Å². The summed E-state index contributed by atoms with van der Waals surface area (Å²) in [6.07, 6.45) is 4.36. The van der Waals surface area contributed by atoms with E-state index in [1.807, 2.05) is 24.3 Å². The number of aromatic nitrogens is 2. The molecule has 4 aromatic rings. The maximum absolute atomic E-state index is 13.3. The summed E-state index contributed by atoms with van der Waals surface area (Å²) in [6, 6.07) is 17.9.